The predicted octanol–water partition coefficient (Wildman–Crippen LogP) is 3.49. The third-order valence-electron chi connectivity index (χ3n) is 3.81. The lowest BCUT2D eigenvalue weighted by Crippen LogP contribution is -2.49. The second-order valence-corrected chi connectivity index (χ2v) is 6.96. The van der Waals surface area contributed by atoms with Crippen molar-refractivity contribution in [1.29, 1.82) is 0 Å². The number of unbranched alkanes of at least 4 members (excludes halogenated alkanes) is 3. The molecule has 7 heteroatoms. The van der Waals surface area contributed by atoms with Crippen molar-refractivity contribution >= 4 is 29.4 Å². The van der Waals surface area contributed by atoms with Crippen LogP contribution in [0.4, 0.5) is 0 Å². The molecule has 6 nitrogen and oxygen atoms in total. The topological polar surface area (TPSA) is 78.5 Å². The number of carbonyl (C=O) groups excluding carboxylic acids is 3. The van der Waals surface area contributed by atoms with Crippen molar-refractivity contribution in [3.8, 4) is 0 Å². The number of amides is 2. The van der Waals surface area contributed by atoms with Gasteiger partial charge in [-0.25, -0.2) is 0 Å². The van der Waals surface area contributed by atoms with Crippen molar-refractivity contribution < 1.29 is 14.4 Å². The standard InChI is InChI=1S/C17H33N3O3S.2C2H6/c1-14(21)13-15(17(23)19-11-10-18-2)20(3)16(22)9-7-5-6-8-12-24-4;2*1-2/h15,18H,5-13H2,1-4H3,(H,19,23);2*1-2H3. The summed E-state index contributed by atoms with van der Waals surface area (Å²) >= 11 is 1.84. The molecule has 0 saturated carbocycles. The van der Waals surface area contributed by atoms with E-state index in [0.29, 0.717) is 19.5 Å². The SMILES string of the molecule is CC.CC.CNCCNC(=O)C(CC(C)=O)N(C)C(=O)CCCCCCSC. The van der Waals surface area contributed by atoms with E-state index in [1.165, 1.54) is 18.2 Å². The Hall–Kier alpha value is -1.08. The summed E-state index contributed by atoms with van der Waals surface area (Å²) in [4.78, 5) is 37.4. The maximum Gasteiger partial charge on any atom is 0.243 e. The Morgan fingerprint density at radius 2 is 1.54 bits per heavy atom. The largest absolute Gasteiger partial charge is 0.353 e. The van der Waals surface area contributed by atoms with E-state index in [9.17, 15) is 14.4 Å². The van der Waals surface area contributed by atoms with E-state index in [-0.39, 0.29) is 24.0 Å². The summed E-state index contributed by atoms with van der Waals surface area (Å²) in [5.41, 5.74) is 0. The highest BCUT2D eigenvalue weighted by atomic mass is 32.2. The van der Waals surface area contributed by atoms with Crippen LogP contribution in [0.5, 0.6) is 0 Å². The van der Waals surface area contributed by atoms with Gasteiger partial charge in [-0.2, -0.15) is 11.8 Å². The molecule has 2 N–H and O–H groups in total. The van der Waals surface area contributed by atoms with Gasteiger partial charge in [0, 0.05) is 33.0 Å². The molecule has 0 aliphatic carbocycles. The van der Waals surface area contributed by atoms with Crippen LogP contribution in [0.2, 0.25) is 0 Å². The van der Waals surface area contributed by atoms with Crippen LogP contribution in [0.25, 0.3) is 0 Å². The van der Waals surface area contributed by atoms with Crippen molar-refractivity contribution in [2.24, 2.45) is 0 Å². The van der Waals surface area contributed by atoms with E-state index >= 15 is 0 Å². The molecule has 0 radical (unpaired) electrons. The molecule has 28 heavy (non-hydrogen) atoms. The molecule has 0 saturated heterocycles. The molecule has 0 bridgehead atoms. The number of Topliss-reactive ketones (excluding diaryl/α,β-unsaturated/α-hetero) is 1. The first-order valence-electron chi connectivity index (χ1n) is 10.6. The zero-order valence-corrected chi connectivity index (χ0v) is 20.3. The summed E-state index contributed by atoms with van der Waals surface area (Å²) in [6, 6.07) is -0.719. The summed E-state index contributed by atoms with van der Waals surface area (Å²) in [5.74, 6) is 0.716. The van der Waals surface area contributed by atoms with Crippen molar-refractivity contribution in [1.82, 2.24) is 15.5 Å². The molecule has 1 unspecified atom stereocenters. The normalized spacial score (nSPS) is 10.6. The zero-order valence-electron chi connectivity index (χ0n) is 19.5. The summed E-state index contributed by atoms with van der Waals surface area (Å²) < 4.78 is 0. The van der Waals surface area contributed by atoms with Gasteiger partial charge in [0.15, 0.2) is 0 Å². The molecule has 0 aromatic heterocycles. The molecular formula is C21H45N3O3S. The van der Waals surface area contributed by atoms with Gasteiger partial charge in [0.25, 0.3) is 0 Å². The number of thioether (sulfide) groups is 1. The molecule has 0 aliphatic rings. The van der Waals surface area contributed by atoms with Gasteiger partial charge >= 0.3 is 0 Å². The maximum absolute atomic E-state index is 12.3. The minimum atomic E-state index is -0.719. The first-order chi connectivity index (χ1) is 13.4. The Labute approximate surface area is 178 Å². The number of nitrogens with zero attached hydrogens (tertiary/aromatic N) is 1. The van der Waals surface area contributed by atoms with Crippen LogP contribution in [0.3, 0.4) is 0 Å². The van der Waals surface area contributed by atoms with E-state index in [1.54, 1.807) is 14.1 Å². The number of nitrogens with one attached hydrogen (secondary N) is 2. The molecular weight excluding hydrogens is 374 g/mol. The van der Waals surface area contributed by atoms with Gasteiger partial charge in [-0.05, 0) is 38.8 Å². The van der Waals surface area contributed by atoms with Gasteiger partial charge in [0.1, 0.15) is 11.8 Å². The Kier molecular flexibility index (Phi) is 27.0. The van der Waals surface area contributed by atoms with Crippen LogP contribution in [0.1, 0.15) is 73.1 Å². The quantitative estimate of drug-likeness (QED) is 0.421. The van der Waals surface area contributed by atoms with Crippen molar-refractivity contribution in [2.75, 3.05) is 39.2 Å². The Morgan fingerprint density at radius 3 is 2.04 bits per heavy atom. The van der Waals surface area contributed by atoms with Crippen molar-refractivity contribution in [2.45, 2.75) is 79.2 Å². The van der Waals surface area contributed by atoms with Gasteiger partial charge in [-0.3, -0.25) is 14.4 Å². The highest BCUT2D eigenvalue weighted by molar-refractivity contribution is 7.98. The molecule has 0 aromatic carbocycles. The number of carbonyl (C=O) groups is 3. The molecule has 0 rings (SSSR count). The fraction of sp³-hybridized carbons (Fsp3) is 0.857. The average Bonchev–Trinajstić information content (AvgIpc) is 2.71. The Morgan fingerprint density at radius 1 is 0.964 bits per heavy atom. The van der Waals surface area contributed by atoms with E-state index in [0.717, 1.165) is 25.0 Å². The van der Waals surface area contributed by atoms with Crippen LogP contribution >= 0.6 is 11.8 Å². The van der Waals surface area contributed by atoms with Gasteiger partial charge in [0.2, 0.25) is 11.8 Å². The summed E-state index contributed by atoms with van der Waals surface area (Å²) in [6.07, 6.45) is 6.72. The second-order valence-electron chi connectivity index (χ2n) is 5.98. The first kappa shape index (κ1) is 31.6. The Balaban J connectivity index is -0.00000146. The van der Waals surface area contributed by atoms with E-state index in [2.05, 4.69) is 16.9 Å². The lowest BCUT2D eigenvalue weighted by atomic mass is 10.1. The smallest absolute Gasteiger partial charge is 0.243 e. The lowest BCUT2D eigenvalue weighted by molar-refractivity contribution is -0.140. The molecule has 0 spiro atoms. The Bertz CT molecular complexity index is 393. The molecule has 0 aromatic rings. The van der Waals surface area contributed by atoms with E-state index in [4.69, 9.17) is 0 Å². The highest BCUT2D eigenvalue weighted by Crippen LogP contribution is 2.11. The third-order valence-corrected chi connectivity index (χ3v) is 4.50. The summed E-state index contributed by atoms with van der Waals surface area (Å²) in [7, 11) is 3.41. The number of rotatable bonds is 14. The van der Waals surface area contributed by atoms with Crippen LogP contribution in [-0.4, -0.2) is 67.7 Å². The van der Waals surface area contributed by atoms with Crippen LogP contribution in [0, 0.1) is 0 Å². The van der Waals surface area contributed by atoms with Gasteiger partial charge in [-0.1, -0.05) is 40.5 Å². The maximum atomic E-state index is 12.3. The number of hydrogen-bond donors (Lipinski definition) is 2. The van der Waals surface area contributed by atoms with E-state index in [1.807, 2.05) is 39.5 Å². The minimum Gasteiger partial charge on any atom is -0.353 e. The first-order valence-corrected chi connectivity index (χ1v) is 12.0. The van der Waals surface area contributed by atoms with Gasteiger partial charge < -0.3 is 15.5 Å². The molecule has 0 fully saturated rings. The monoisotopic (exact) mass is 419 g/mol. The fourth-order valence-electron chi connectivity index (χ4n) is 2.33. The number of ketones is 1. The number of likely N-dealkylation sites (N-methyl/N-ethyl adjacent to an activating group) is 2. The predicted molar refractivity (Wildman–Crippen MR) is 123 cm³/mol. The van der Waals surface area contributed by atoms with Gasteiger partial charge in [-0.15, -0.1) is 0 Å². The summed E-state index contributed by atoms with van der Waals surface area (Å²) in [5, 5.41) is 5.71. The minimum absolute atomic E-state index is 0.0569. The molecule has 0 heterocycles. The molecule has 168 valence electrons. The fourth-order valence-corrected chi connectivity index (χ4v) is 2.83. The average molecular weight is 420 g/mol. The third kappa shape index (κ3) is 18.3. The van der Waals surface area contributed by atoms with Crippen LogP contribution in [-0.2, 0) is 14.4 Å². The summed E-state index contributed by atoms with van der Waals surface area (Å²) in [6.45, 7) is 10.6. The molecule has 2 amide bonds. The molecule has 1 atom stereocenters. The van der Waals surface area contributed by atoms with Crippen LogP contribution in [0.15, 0.2) is 0 Å². The second kappa shape index (κ2) is 24.0. The number of hydrogen-bond acceptors (Lipinski definition) is 5. The zero-order chi connectivity index (χ0) is 22.4. The highest BCUT2D eigenvalue weighted by Gasteiger charge is 2.27. The van der Waals surface area contributed by atoms with Crippen molar-refractivity contribution in [3.63, 3.8) is 0 Å². The van der Waals surface area contributed by atoms with Gasteiger partial charge in [0.05, 0.1) is 0 Å². The lowest BCUT2D eigenvalue weighted by Gasteiger charge is -2.27. The molecule has 0 aliphatic heterocycles. The van der Waals surface area contributed by atoms with Crippen molar-refractivity contribution in [3.05, 3.63) is 0 Å². The van der Waals surface area contributed by atoms with E-state index < -0.39 is 6.04 Å². The van der Waals surface area contributed by atoms with Crippen LogP contribution < -0.4 is 10.6 Å².